The lowest BCUT2D eigenvalue weighted by Gasteiger charge is -2.22. The summed E-state index contributed by atoms with van der Waals surface area (Å²) in [5, 5.41) is 0. The van der Waals surface area contributed by atoms with Gasteiger partial charge in [-0.15, -0.1) is 0 Å². The highest BCUT2D eigenvalue weighted by atomic mass is 127. The third-order valence-corrected chi connectivity index (χ3v) is 4.84. The summed E-state index contributed by atoms with van der Waals surface area (Å²) in [6.45, 7) is 2.28. The molecule has 1 aliphatic rings. The van der Waals surface area contributed by atoms with Crippen LogP contribution in [0.2, 0.25) is 0 Å². The van der Waals surface area contributed by atoms with Crippen molar-refractivity contribution in [1.29, 1.82) is 0 Å². The fraction of sp³-hybridized carbons (Fsp3) is 0.500. The molecule has 1 aliphatic carbocycles. The molecule has 4 heteroatoms. The number of fused-ring (bicyclic) bond motifs is 1. The van der Waals surface area contributed by atoms with Crippen LogP contribution in [-0.2, 0) is 0 Å². The Hall–Kier alpha value is -0.780. The average Bonchev–Trinajstić information content (AvgIpc) is 2.94. The number of anilines is 1. The summed E-state index contributed by atoms with van der Waals surface area (Å²) in [4.78, 5) is 4.50. The van der Waals surface area contributed by atoms with E-state index >= 15 is 0 Å². The van der Waals surface area contributed by atoms with Crippen molar-refractivity contribution in [3.05, 3.63) is 21.8 Å². The molecule has 3 rings (SSSR count). The van der Waals surface area contributed by atoms with Crippen molar-refractivity contribution in [1.82, 2.24) is 9.55 Å². The largest absolute Gasteiger partial charge is 0.369 e. The molecule has 1 saturated carbocycles. The number of nitrogen functional groups attached to an aromatic ring is 1. The number of benzene rings is 1. The predicted octanol–water partition coefficient (Wildman–Crippen LogP) is 3.97. The van der Waals surface area contributed by atoms with Crippen LogP contribution < -0.4 is 5.73 Å². The van der Waals surface area contributed by atoms with Gasteiger partial charge in [0.05, 0.1) is 11.0 Å². The van der Waals surface area contributed by atoms with E-state index < -0.39 is 0 Å². The van der Waals surface area contributed by atoms with Crippen LogP contribution in [-0.4, -0.2) is 9.55 Å². The minimum absolute atomic E-state index is 0.456. The summed E-state index contributed by atoms with van der Waals surface area (Å²) in [5.74, 6) is 1.41. The fourth-order valence-corrected chi connectivity index (χ4v) is 3.64. The molecule has 0 aliphatic heterocycles. The van der Waals surface area contributed by atoms with Gasteiger partial charge in [-0.2, -0.15) is 0 Å². The first-order chi connectivity index (χ1) is 8.66. The summed E-state index contributed by atoms with van der Waals surface area (Å²) < 4.78 is 3.43. The zero-order valence-corrected chi connectivity index (χ0v) is 12.7. The Balaban J connectivity index is 2.07. The van der Waals surface area contributed by atoms with Crippen molar-refractivity contribution in [3.8, 4) is 0 Å². The summed E-state index contributed by atoms with van der Waals surface area (Å²) >= 11 is 2.31. The van der Waals surface area contributed by atoms with Gasteiger partial charge in [0.25, 0.3) is 0 Å². The minimum atomic E-state index is 0.456. The van der Waals surface area contributed by atoms with Crippen LogP contribution in [0.1, 0.15) is 38.6 Å². The quantitative estimate of drug-likeness (QED) is 0.829. The standard InChI is InChI=1S/C14H18IN3/c1-9(10-4-2-3-5-10)18-13-7-6-11(15)8-12(13)17-14(18)16/h6-10H,2-5H2,1H3,(H2,16,17). The monoisotopic (exact) mass is 355 g/mol. The van der Waals surface area contributed by atoms with E-state index in [2.05, 4.69) is 57.3 Å². The van der Waals surface area contributed by atoms with Crippen molar-refractivity contribution in [3.63, 3.8) is 0 Å². The summed E-state index contributed by atoms with van der Waals surface area (Å²) in [7, 11) is 0. The van der Waals surface area contributed by atoms with Crippen LogP contribution in [0.5, 0.6) is 0 Å². The van der Waals surface area contributed by atoms with Crippen molar-refractivity contribution < 1.29 is 0 Å². The van der Waals surface area contributed by atoms with Gasteiger partial charge in [0.1, 0.15) is 0 Å². The van der Waals surface area contributed by atoms with E-state index in [1.165, 1.54) is 34.8 Å². The van der Waals surface area contributed by atoms with Gasteiger partial charge in [0.15, 0.2) is 0 Å². The van der Waals surface area contributed by atoms with E-state index in [0.29, 0.717) is 12.0 Å². The van der Waals surface area contributed by atoms with Gasteiger partial charge in [-0.05, 0) is 66.5 Å². The SMILES string of the molecule is CC(C1CCCC1)n1c(N)nc2cc(I)ccc21. The highest BCUT2D eigenvalue weighted by Crippen LogP contribution is 2.37. The van der Waals surface area contributed by atoms with Crippen LogP contribution in [0.3, 0.4) is 0 Å². The zero-order valence-electron chi connectivity index (χ0n) is 10.6. The van der Waals surface area contributed by atoms with Crippen molar-refractivity contribution in [2.24, 2.45) is 5.92 Å². The highest BCUT2D eigenvalue weighted by Gasteiger charge is 2.25. The second kappa shape index (κ2) is 4.72. The fourth-order valence-electron chi connectivity index (χ4n) is 3.17. The van der Waals surface area contributed by atoms with E-state index in [1.807, 2.05) is 0 Å². The van der Waals surface area contributed by atoms with Gasteiger partial charge in [0.2, 0.25) is 5.95 Å². The Kier molecular flexibility index (Phi) is 3.21. The van der Waals surface area contributed by atoms with E-state index in [9.17, 15) is 0 Å². The molecule has 1 unspecified atom stereocenters. The molecular formula is C14H18IN3. The molecule has 0 radical (unpaired) electrons. The zero-order chi connectivity index (χ0) is 12.7. The molecule has 18 heavy (non-hydrogen) atoms. The maximum absolute atomic E-state index is 6.12. The maximum Gasteiger partial charge on any atom is 0.201 e. The van der Waals surface area contributed by atoms with Crippen molar-refractivity contribution in [2.75, 3.05) is 5.73 Å². The third-order valence-electron chi connectivity index (χ3n) is 4.17. The Morgan fingerprint density at radius 3 is 2.83 bits per heavy atom. The number of hydrogen-bond acceptors (Lipinski definition) is 2. The second-order valence-electron chi connectivity index (χ2n) is 5.26. The number of nitrogens with two attached hydrogens (primary N) is 1. The molecule has 1 heterocycles. The van der Waals surface area contributed by atoms with Crippen LogP contribution in [0, 0.1) is 9.49 Å². The number of imidazole rings is 1. The smallest absolute Gasteiger partial charge is 0.201 e. The molecule has 1 aromatic heterocycles. The molecule has 0 saturated heterocycles. The third kappa shape index (κ3) is 2.00. The van der Waals surface area contributed by atoms with E-state index in [0.717, 1.165) is 11.4 Å². The number of halogens is 1. The minimum Gasteiger partial charge on any atom is -0.369 e. The van der Waals surface area contributed by atoms with Gasteiger partial charge in [-0.1, -0.05) is 12.8 Å². The second-order valence-corrected chi connectivity index (χ2v) is 6.50. The summed E-state index contributed by atoms with van der Waals surface area (Å²) in [6, 6.07) is 6.83. The topological polar surface area (TPSA) is 43.8 Å². The van der Waals surface area contributed by atoms with Gasteiger partial charge >= 0.3 is 0 Å². The van der Waals surface area contributed by atoms with E-state index in [4.69, 9.17) is 5.73 Å². The van der Waals surface area contributed by atoms with Gasteiger partial charge in [-0.3, -0.25) is 0 Å². The predicted molar refractivity (Wildman–Crippen MR) is 83.5 cm³/mol. The Labute approximate surface area is 121 Å². The number of hydrogen-bond donors (Lipinski definition) is 1. The first-order valence-electron chi connectivity index (χ1n) is 6.60. The molecule has 96 valence electrons. The number of aromatic nitrogens is 2. The Morgan fingerprint density at radius 2 is 2.11 bits per heavy atom. The first-order valence-corrected chi connectivity index (χ1v) is 7.67. The molecule has 2 N–H and O–H groups in total. The van der Waals surface area contributed by atoms with Gasteiger partial charge < -0.3 is 10.3 Å². The molecule has 0 bridgehead atoms. The van der Waals surface area contributed by atoms with Crippen LogP contribution in [0.25, 0.3) is 11.0 Å². The lowest BCUT2D eigenvalue weighted by Crippen LogP contribution is -2.16. The summed E-state index contributed by atoms with van der Waals surface area (Å²) in [5.41, 5.74) is 8.31. The Bertz CT molecular complexity index is 570. The average molecular weight is 355 g/mol. The molecule has 0 spiro atoms. The first kappa shape index (κ1) is 12.3. The van der Waals surface area contributed by atoms with Gasteiger partial charge in [-0.25, -0.2) is 4.98 Å². The normalized spacial score (nSPS) is 18.6. The molecule has 1 fully saturated rings. The van der Waals surface area contributed by atoms with E-state index in [1.54, 1.807) is 0 Å². The molecule has 1 aromatic carbocycles. The Morgan fingerprint density at radius 1 is 1.39 bits per heavy atom. The van der Waals surface area contributed by atoms with Crippen LogP contribution in [0.4, 0.5) is 5.95 Å². The number of nitrogens with zero attached hydrogens (tertiary/aromatic N) is 2. The maximum atomic E-state index is 6.12. The molecule has 1 atom stereocenters. The molecule has 0 amide bonds. The van der Waals surface area contributed by atoms with Crippen LogP contribution >= 0.6 is 22.6 Å². The molecule has 3 nitrogen and oxygen atoms in total. The molecule has 2 aromatic rings. The lowest BCUT2D eigenvalue weighted by atomic mass is 9.99. The van der Waals surface area contributed by atoms with Crippen LogP contribution in [0.15, 0.2) is 18.2 Å². The van der Waals surface area contributed by atoms with Crippen molar-refractivity contribution >= 4 is 39.6 Å². The van der Waals surface area contributed by atoms with Crippen molar-refractivity contribution in [2.45, 2.75) is 38.6 Å². The number of rotatable bonds is 2. The molecular weight excluding hydrogens is 337 g/mol. The highest BCUT2D eigenvalue weighted by molar-refractivity contribution is 14.1. The lowest BCUT2D eigenvalue weighted by molar-refractivity contribution is 0.371. The summed E-state index contributed by atoms with van der Waals surface area (Å²) in [6.07, 6.45) is 5.37. The van der Waals surface area contributed by atoms with Gasteiger partial charge in [0, 0.05) is 9.61 Å². The van der Waals surface area contributed by atoms with E-state index in [-0.39, 0.29) is 0 Å².